The SMILES string of the molecule is C[C@H](NC(=O)[C@@H]1[C@@H](CO)[C@@H]2Cn3c(cccc3=O)[C@@H]2N1C(=O)C1CC1)c1ccccc1. The van der Waals surface area contributed by atoms with E-state index in [-0.39, 0.29) is 47.9 Å². The minimum atomic E-state index is -0.747. The fourth-order valence-corrected chi connectivity index (χ4v) is 5.35. The average molecular weight is 421 g/mol. The largest absolute Gasteiger partial charge is 0.396 e. The van der Waals surface area contributed by atoms with Gasteiger partial charge in [-0.3, -0.25) is 14.4 Å². The maximum atomic E-state index is 13.5. The van der Waals surface area contributed by atoms with Crippen LogP contribution in [0.4, 0.5) is 0 Å². The summed E-state index contributed by atoms with van der Waals surface area (Å²) in [6.07, 6.45) is 1.65. The molecule has 2 fully saturated rings. The Morgan fingerprint density at radius 3 is 2.55 bits per heavy atom. The molecule has 2 amide bonds. The van der Waals surface area contributed by atoms with E-state index in [1.165, 1.54) is 6.07 Å². The number of fused-ring (bicyclic) bond motifs is 3. The van der Waals surface area contributed by atoms with Gasteiger partial charge in [-0.25, -0.2) is 0 Å². The molecule has 1 aromatic heterocycles. The highest BCUT2D eigenvalue weighted by atomic mass is 16.3. The molecule has 1 saturated carbocycles. The van der Waals surface area contributed by atoms with Crippen LogP contribution in [-0.2, 0) is 16.1 Å². The van der Waals surface area contributed by atoms with Crippen LogP contribution in [0.2, 0.25) is 0 Å². The lowest BCUT2D eigenvalue weighted by Gasteiger charge is -2.32. The molecule has 31 heavy (non-hydrogen) atoms. The van der Waals surface area contributed by atoms with E-state index in [4.69, 9.17) is 0 Å². The maximum absolute atomic E-state index is 13.5. The summed E-state index contributed by atoms with van der Waals surface area (Å²) in [5, 5.41) is 13.3. The van der Waals surface area contributed by atoms with E-state index in [0.717, 1.165) is 24.1 Å². The minimum Gasteiger partial charge on any atom is -0.396 e. The third-order valence-electron chi connectivity index (χ3n) is 7.06. The van der Waals surface area contributed by atoms with E-state index < -0.39 is 12.0 Å². The lowest BCUT2D eigenvalue weighted by molar-refractivity contribution is -0.143. The molecule has 3 aliphatic rings. The van der Waals surface area contributed by atoms with Crippen molar-refractivity contribution < 1.29 is 14.7 Å². The second-order valence-electron chi connectivity index (χ2n) is 8.96. The summed E-state index contributed by atoms with van der Waals surface area (Å²) >= 11 is 0. The normalized spacial score (nSPS) is 27.5. The van der Waals surface area contributed by atoms with Crippen LogP contribution in [0.25, 0.3) is 0 Å². The van der Waals surface area contributed by atoms with E-state index >= 15 is 0 Å². The first-order chi connectivity index (χ1) is 15.0. The molecule has 0 radical (unpaired) electrons. The van der Waals surface area contributed by atoms with Crippen LogP contribution >= 0.6 is 0 Å². The fraction of sp³-hybridized carbons (Fsp3) is 0.458. The van der Waals surface area contributed by atoms with Crippen molar-refractivity contribution in [3.05, 3.63) is 70.1 Å². The van der Waals surface area contributed by atoms with Gasteiger partial charge in [0.1, 0.15) is 6.04 Å². The van der Waals surface area contributed by atoms with Gasteiger partial charge < -0.3 is 19.9 Å². The first kappa shape index (κ1) is 20.0. The number of carbonyl (C=O) groups is 2. The number of likely N-dealkylation sites (tertiary alicyclic amines) is 1. The number of hydrogen-bond donors (Lipinski definition) is 2. The third kappa shape index (κ3) is 3.28. The van der Waals surface area contributed by atoms with Crippen molar-refractivity contribution in [2.45, 2.75) is 44.4 Å². The highest BCUT2D eigenvalue weighted by Gasteiger charge is 2.58. The zero-order valence-corrected chi connectivity index (χ0v) is 17.5. The monoisotopic (exact) mass is 421 g/mol. The van der Waals surface area contributed by atoms with Crippen molar-refractivity contribution in [3.63, 3.8) is 0 Å². The Balaban J connectivity index is 1.50. The Labute approximate surface area is 180 Å². The molecule has 1 aromatic carbocycles. The first-order valence-corrected chi connectivity index (χ1v) is 11.0. The van der Waals surface area contributed by atoms with Crippen LogP contribution < -0.4 is 10.9 Å². The molecule has 162 valence electrons. The topological polar surface area (TPSA) is 91.6 Å². The van der Waals surface area contributed by atoms with Gasteiger partial charge in [-0.05, 0) is 31.4 Å². The van der Waals surface area contributed by atoms with Crippen LogP contribution in [0.1, 0.15) is 43.1 Å². The van der Waals surface area contributed by atoms with Crippen molar-refractivity contribution in [2.75, 3.05) is 6.61 Å². The van der Waals surface area contributed by atoms with Gasteiger partial charge in [0.15, 0.2) is 0 Å². The predicted molar refractivity (Wildman–Crippen MR) is 114 cm³/mol. The van der Waals surface area contributed by atoms with Crippen molar-refractivity contribution in [1.82, 2.24) is 14.8 Å². The minimum absolute atomic E-state index is 0.0387. The van der Waals surface area contributed by atoms with Gasteiger partial charge in [-0.2, -0.15) is 0 Å². The second-order valence-corrected chi connectivity index (χ2v) is 8.96. The summed E-state index contributed by atoms with van der Waals surface area (Å²) < 4.78 is 1.69. The number of aliphatic hydroxyl groups excluding tert-OH is 1. The van der Waals surface area contributed by atoms with Crippen LogP contribution in [0, 0.1) is 17.8 Å². The van der Waals surface area contributed by atoms with Gasteiger partial charge in [-0.15, -0.1) is 0 Å². The predicted octanol–water partition coefficient (Wildman–Crippen LogP) is 1.63. The number of amides is 2. The molecule has 5 rings (SSSR count). The number of hydrogen-bond acceptors (Lipinski definition) is 4. The van der Waals surface area contributed by atoms with Gasteiger partial charge >= 0.3 is 0 Å². The molecule has 1 aliphatic carbocycles. The lowest BCUT2D eigenvalue weighted by atomic mass is 9.88. The summed E-state index contributed by atoms with van der Waals surface area (Å²) in [4.78, 5) is 40.9. The zero-order chi connectivity index (χ0) is 21.7. The standard InChI is InChI=1S/C24H27N3O4/c1-14(15-6-3-2-4-7-15)25-23(30)22-18(13-28)17-12-26-19(8-5-9-20(26)29)21(17)27(22)24(31)16-10-11-16/h2-9,14,16-18,21-22,28H,10-13H2,1H3,(H,25,30)/t14-,17-,18-,21+,22-/m0/s1. The van der Waals surface area contributed by atoms with E-state index in [1.54, 1.807) is 15.5 Å². The number of aromatic nitrogens is 1. The Morgan fingerprint density at radius 1 is 1.13 bits per heavy atom. The molecule has 7 nitrogen and oxygen atoms in total. The molecule has 7 heteroatoms. The molecule has 2 aromatic rings. The Hall–Kier alpha value is -2.93. The molecule has 0 bridgehead atoms. The smallest absolute Gasteiger partial charge is 0.250 e. The quantitative estimate of drug-likeness (QED) is 0.768. The van der Waals surface area contributed by atoms with E-state index in [0.29, 0.717) is 6.54 Å². The van der Waals surface area contributed by atoms with E-state index in [9.17, 15) is 19.5 Å². The van der Waals surface area contributed by atoms with Crippen LogP contribution in [0.5, 0.6) is 0 Å². The van der Waals surface area contributed by atoms with Gasteiger partial charge in [0.05, 0.1) is 12.1 Å². The number of pyridine rings is 1. The van der Waals surface area contributed by atoms with Gasteiger partial charge in [0.25, 0.3) is 5.56 Å². The van der Waals surface area contributed by atoms with Crippen LogP contribution in [0.15, 0.2) is 53.3 Å². The van der Waals surface area contributed by atoms with Crippen molar-refractivity contribution >= 4 is 11.8 Å². The van der Waals surface area contributed by atoms with Crippen molar-refractivity contribution in [3.8, 4) is 0 Å². The summed E-state index contributed by atoms with van der Waals surface area (Å²) in [6.45, 7) is 2.12. The highest BCUT2D eigenvalue weighted by molar-refractivity contribution is 5.91. The number of aliphatic hydroxyl groups is 1. The summed E-state index contributed by atoms with van der Waals surface area (Å²) in [7, 11) is 0. The highest BCUT2D eigenvalue weighted by Crippen LogP contribution is 2.51. The Morgan fingerprint density at radius 2 is 1.87 bits per heavy atom. The van der Waals surface area contributed by atoms with Crippen molar-refractivity contribution in [2.24, 2.45) is 17.8 Å². The summed E-state index contributed by atoms with van der Waals surface area (Å²) in [5.41, 5.74) is 1.63. The molecule has 2 N–H and O–H groups in total. The van der Waals surface area contributed by atoms with Crippen molar-refractivity contribution in [1.29, 1.82) is 0 Å². The van der Waals surface area contributed by atoms with E-state index in [1.807, 2.05) is 43.3 Å². The first-order valence-electron chi connectivity index (χ1n) is 11.0. The molecular weight excluding hydrogens is 394 g/mol. The number of nitrogens with one attached hydrogen (secondary N) is 1. The van der Waals surface area contributed by atoms with Crippen LogP contribution in [0.3, 0.4) is 0 Å². The second kappa shape index (κ2) is 7.64. The zero-order valence-electron chi connectivity index (χ0n) is 17.5. The van der Waals surface area contributed by atoms with E-state index in [2.05, 4.69) is 5.32 Å². The number of benzene rings is 1. The third-order valence-corrected chi connectivity index (χ3v) is 7.06. The number of rotatable bonds is 5. The van der Waals surface area contributed by atoms with Gasteiger partial charge in [0, 0.05) is 42.7 Å². The molecule has 3 heterocycles. The van der Waals surface area contributed by atoms with Gasteiger partial charge in [-0.1, -0.05) is 36.4 Å². The molecular formula is C24H27N3O4. The molecule has 5 atom stereocenters. The van der Waals surface area contributed by atoms with Crippen LogP contribution in [-0.4, -0.2) is 39.0 Å². The number of carbonyl (C=O) groups excluding carboxylic acids is 2. The summed E-state index contributed by atoms with van der Waals surface area (Å²) in [5.74, 6) is -0.933. The fourth-order valence-electron chi connectivity index (χ4n) is 5.35. The Kier molecular flexibility index (Phi) is 4.93. The maximum Gasteiger partial charge on any atom is 0.250 e. The van der Waals surface area contributed by atoms with Gasteiger partial charge in [0.2, 0.25) is 11.8 Å². The molecule has 0 spiro atoms. The molecule has 0 unspecified atom stereocenters. The lowest BCUT2D eigenvalue weighted by Crippen LogP contribution is -2.51. The molecule has 1 saturated heterocycles. The Bertz CT molecular complexity index is 1060. The molecule has 2 aliphatic heterocycles. The average Bonchev–Trinajstić information content (AvgIpc) is 3.48. The summed E-state index contributed by atoms with van der Waals surface area (Å²) in [6, 6.07) is 13.4. The number of nitrogens with zero attached hydrogens (tertiary/aromatic N) is 2.